The van der Waals surface area contributed by atoms with Crippen molar-refractivity contribution in [3.63, 3.8) is 0 Å². The Morgan fingerprint density at radius 3 is 2.69 bits per heavy atom. The quantitative estimate of drug-likeness (QED) is 0.796. The fourth-order valence-corrected chi connectivity index (χ4v) is 1.45. The Bertz CT molecular complexity index is 315. The maximum atomic E-state index is 9.74. The van der Waals surface area contributed by atoms with Crippen LogP contribution in [0.2, 0.25) is 0 Å². The van der Waals surface area contributed by atoms with Crippen LogP contribution in [0.1, 0.15) is 12.5 Å². The lowest BCUT2D eigenvalue weighted by atomic mass is 10.2. The monoisotopic (exact) mass is 223 g/mol. The van der Waals surface area contributed by atoms with Crippen LogP contribution < -0.4 is 4.74 Å². The van der Waals surface area contributed by atoms with E-state index in [1.165, 1.54) is 0 Å². The van der Waals surface area contributed by atoms with Gasteiger partial charge in [0.05, 0.1) is 0 Å². The molecule has 0 saturated carbocycles. The number of nitrogens with zero attached hydrogens (tertiary/aromatic N) is 1. The molecule has 0 aliphatic carbocycles. The molecule has 0 heterocycles. The van der Waals surface area contributed by atoms with E-state index in [4.69, 9.17) is 4.74 Å². The number of benzene rings is 1. The van der Waals surface area contributed by atoms with Crippen molar-refractivity contribution >= 4 is 0 Å². The van der Waals surface area contributed by atoms with Crippen molar-refractivity contribution in [2.45, 2.75) is 20.0 Å². The normalized spacial score (nSPS) is 12.8. The third kappa shape index (κ3) is 4.21. The summed E-state index contributed by atoms with van der Waals surface area (Å²) in [7, 11) is 1.98. The number of hydrogen-bond acceptors (Lipinski definition) is 3. The van der Waals surface area contributed by atoms with Gasteiger partial charge in [-0.3, -0.25) is 0 Å². The van der Waals surface area contributed by atoms with E-state index in [0.717, 1.165) is 17.9 Å². The number of hydrogen-bond donors (Lipinski definition) is 1. The van der Waals surface area contributed by atoms with Gasteiger partial charge in [-0.1, -0.05) is 25.1 Å². The summed E-state index contributed by atoms with van der Waals surface area (Å²) in [6, 6.07) is 7.84. The molecule has 3 heteroatoms. The fraction of sp³-hybridized carbons (Fsp3) is 0.538. The number of aliphatic hydroxyl groups is 1. The zero-order valence-corrected chi connectivity index (χ0v) is 10.3. The predicted molar refractivity (Wildman–Crippen MR) is 65.9 cm³/mol. The average molecular weight is 223 g/mol. The second-order valence-electron chi connectivity index (χ2n) is 4.09. The topological polar surface area (TPSA) is 32.7 Å². The van der Waals surface area contributed by atoms with Crippen LogP contribution in [0.3, 0.4) is 0 Å². The van der Waals surface area contributed by atoms with Crippen LogP contribution in [-0.2, 0) is 0 Å². The highest BCUT2D eigenvalue weighted by Gasteiger charge is 2.08. The smallest absolute Gasteiger partial charge is 0.122 e. The van der Waals surface area contributed by atoms with Gasteiger partial charge < -0.3 is 14.7 Å². The van der Waals surface area contributed by atoms with Gasteiger partial charge in [0.2, 0.25) is 0 Å². The minimum absolute atomic E-state index is 0.342. The SMILES string of the molecule is CCN(C)CC(O)COc1ccccc1C. The molecule has 3 nitrogen and oxygen atoms in total. The Kier molecular flexibility index (Phi) is 5.29. The Morgan fingerprint density at radius 2 is 2.06 bits per heavy atom. The van der Waals surface area contributed by atoms with Crippen LogP contribution in [0.5, 0.6) is 5.75 Å². The van der Waals surface area contributed by atoms with E-state index >= 15 is 0 Å². The second-order valence-corrected chi connectivity index (χ2v) is 4.09. The molecule has 0 aliphatic rings. The summed E-state index contributed by atoms with van der Waals surface area (Å²) >= 11 is 0. The summed E-state index contributed by atoms with van der Waals surface area (Å²) in [6.07, 6.45) is -0.440. The molecule has 0 saturated heterocycles. The Morgan fingerprint density at radius 1 is 1.38 bits per heavy atom. The van der Waals surface area contributed by atoms with Gasteiger partial charge in [0, 0.05) is 6.54 Å². The zero-order valence-electron chi connectivity index (χ0n) is 10.3. The molecule has 16 heavy (non-hydrogen) atoms. The lowest BCUT2D eigenvalue weighted by Crippen LogP contribution is -2.32. The van der Waals surface area contributed by atoms with Crippen molar-refractivity contribution in [3.05, 3.63) is 29.8 Å². The summed E-state index contributed by atoms with van der Waals surface area (Å²) in [5, 5.41) is 9.74. The molecule has 0 bridgehead atoms. The van der Waals surface area contributed by atoms with Crippen molar-refractivity contribution in [2.75, 3.05) is 26.7 Å². The standard InChI is InChI=1S/C13H21NO2/c1-4-14(3)9-12(15)10-16-13-8-6-5-7-11(13)2/h5-8,12,15H,4,9-10H2,1-3H3. The maximum absolute atomic E-state index is 9.74. The minimum Gasteiger partial charge on any atom is -0.491 e. The minimum atomic E-state index is -0.440. The molecule has 1 N–H and O–H groups in total. The lowest BCUT2D eigenvalue weighted by Gasteiger charge is -2.19. The molecule has 0 radical (unpaired) electrons. The molecule has 0 amide bonds. The second kappa shape index (κ2) is 6.51. The summed E-state index contributed by atoms with van der Waals surface area (Å²) < 4.78 is 5.57. The highest BCUT2D eigenvalue weighted by atomic mass is 16.5. The van der Waals surface area contributed by atoms with Gasteiger partial charge in [-0.15, -0.1) is 0 Å². The number of aryl methyl sites for hydroxylation is 1. The van der Waals surface area contributed by atoms with Gasteiger partial charge in [0.25, 0.3) is 0 Å². The third-order valence-electron chi connectivity index (χ3n) is 2.59. The first-order chi connectivity index (χ1) is 7.63. The summed E-state index contributed by atoms with van der Waals surface area (Å²) in [5.74, 6) is 0.848. The van der Waals surface area contributed by atoms with Crippen LogP contribution in [-0.4, -0.2) is 42.9 Å². The van der Waals surface area contributed by atoms with Crippen molar-refractivity contribution < 1.29 is 9.84 Å². The summed E-state index contributed by atoms with van der Waals surface area (Å²) in [4.78, 5) is 2.06. The van der Waals surface area contributed by atoms with E-state index in [1.54, 1.807) is 0 Å². The lowest BCUT2D eigenvalue weighted by molar-refractivity contribution is 0.0776. The molecule has 0 spiro atoms. The van der Waals surface area contributed by atoms with Crippen LogP contribution >= 0.6 is 0 Å². The molecule has 1 rings (SSSR count). The first-order valence-electron chi connectivity index (χ1n) is 5.68. The predicted octanol–water partition coefficient (Wildman–Crippen LogP) is 1.69. The summed E-state index contributed by atoms with van der Waals surface area (Å²) in [6.45, 7) is 5.98. The molecule has 1 aromatic rings. The number of aliphatic hydroxyl groups excluding tert-OH is 1. The molecular formula is C13H21NO2. The molecule has 1 atom stereocenters. The van der Waals surface area contributed by atoms with Gasteiger partial charge in [-0.2, -0.15) is 0 Å². The van der Waals surface area contributed by atoms with Crippen molar-refractivity contribution in [3.8, 4) is 5.75 Å². The average Bonchev–Trinajstić information content (AvgIpc) is 2.28. The molecule has 0 fully saturated rings. The van der Waals surface area contributed by atoms with Crippen molar-refractivity contribution in [1.82, 2.24) is 4.90 Å². The van der Waals surface area contributed by atoms with Gasteiger partial charge in [-0.05, 0) is 32.1 Å². The number of rotatable bonds is 6. The molecular weight excluding hydrogens is 202 g/mol. The highest BCUT2D eigenvalue weighted by Crippen LogP contribution is 2.16. The van der Waals surface area contributed by atoms with Crippen LogP contribution in [0.4, 0.5) is 0 Å². The first-order valence-corrected chi connectivity index (χ1v) is 5.68. The van der Waals surface area contributed by atoms with E-state index < -0.39 is 6.10 Å². The van der Waals surface area contributed by atoms with Gasteiger partial charge in [0.15, 0.2) is 0 Å². The third-order valence-corrected chi connectivity index (χ3v) is 2.59. The van der Waals surface area contributed by atoms with E-state index in [1.807, 2.05) is 38.2 Å². The number of para-hydroxylation sites is 1. The largest absolute Gasteiger partial charge is 0.491 e. The van der Waals surface area contributed by atoms with Crippen LogP contribution in [0.15, 0.2) is 24.3 Å². The van der Waals surface area contributed by atoms with Gasteiger partial charge >= 0.3 is 0 Å². The van der Waals surface area contributed by atoms with E-state index in [2.05, 4.69) is 11.8 Å². The number of ether oxygens (including phenoxy) is 1. The zero-order chi connectivity index (χ0) is 12.0. The first kappa shape index (κ1) is 13.0. The molecule has 0 aromatic heterocycles. The van der Waals surface area contributed by atoms with Gasteiger partial charge in [0.1, 0.15) is 18.5 Å². The van der Waals surface area contributed by atoms with Crippen molar-refractivity contribution in [2.24, 2.45) is 0 Å². The Balaban J connectivity index is 2.37. The molecule has 0 aliphatic heterocycles. The van der Waals surface area contributed by atoms with Crippen molar-refractivity contribution in [1.29, 1.82) is 0 Å². The van der Waals surface area contributed by atoms with Crippen LogP contribution in [0.25, 0.3) is 0 Å². The van der Waals surface area contributed by atoms with Crippen LogP contribution in [0, 0.1) is 6.92 Å². The fourth-order valence-electron chi connectivity index (χ4n) is 1.45. The Hall–Kier alpha value is -1.06. The molecule has 1 aromatic carbocycles. The van der Waals surface area contributed by atoms with E-state index in [9.17, 15) is 5.11 Å². The summed E-state index contributed by atoms with van der Waals surface area (Å²) in [5.41, 5.74) is 1.10. The van der Waals surface area contributed by atoms with E-state index in [-0.39, 0.29) is 0 Å². The molecule has 1 unspecified atom stereocenters. The highest BCUT2D eigenvalue weighted by molar-refractivity contribution is 5.31. The van der Waals surface area contributed by atoms with E-state index in [0.29, 0.717) is 13.2 Å². The maximum Gasteiger partial charge on any atom is 0.122 e. The molecule has 90 valence electrons. The van der Waals surface area contributed by atoms with Gasteiger partial charge in [-0.25, -0.2) is 0 Å². The number of likely N-dealkylation sites (N-methyl/N-ethyl adjacent to an activating group) is 1. The Labute approximate surface area is 97.7 Å².